The minimum absolute atomic E-state index is 0.0472. The number of benzene rings is 3. The van der Waals surface area contributed by atoms with Gasteiger partial charge in [0, 0.05) is 16.8 Å². The molecule has 13 nitrogen and oxygen atoms in total. The molecule has 0 aliphatic heterocycles. The summed E-state index contributed by atoms with van der Waals surface area (Å²) < 4.78 is 71.2. The van der Waals surface area contributed by atoms with Crippen LogP contribution in [0.4, 0.5) is 17.1 Å². The van der Waals surface area contributed by atoms with Crippen LogP contribution >= 0.6 is 0 Å². The molecule has 3 aromatic carbocycles. The molecule has 3 rings (SSSR count). The van der Waals surface area contributed by atoms with Crippen LogP contribution in [0, 0.1) is 10.1 Å². The summed E-state index contributed by atoms with van der Waals surface area (Å²) in [6.45, 7) is 0. The number of rotatable bonds is 6. The van der Waals surface area contributed by atoms with Crippen LogP contribution in [-0.4, -0.2) is 43.1 Å². The van der Waals surface area contributed by atoms with E-state index in [1.54, 1.807) is 0 Å². The molecular weight excluding hydrogens is 470 g/mol. The lowest BCUT2D eigenvalue weighted by Crippen LogP contribution is -2.03. The largest absolute Gasteiger partial charge is 0.505 e. The highest BCUT2D eigenvalue weighted by Gasteiger charge is 2.25. The molecule has 0 amide bonds. The van der Waals surface area contributed by atoms with Gasteiger partial charge in [0.25, 0.3) is 25.9 Å². The number of hydrogen-bond acceptors (Lipinski definition) is 10. The minimum atomic E-state index is -4.93. The van der Waals surface area contributed by atoms with Crippen LogP contribution in [0.15, 0.2) is 62.5 Å². The van der Waals surface area contributed by atoms with Gasteiger partial charge in [-0.15, -0.1) is 10.2 Å². The second-order valence-electron chi connectivity index (χ2n) is 6.18. The van der Waals surface area contributed by atoms with Gasteiger partial charge in [0.15, 0.2) is 11.5 Å². The monoisotopic (exact) mass is 483 g/mol. The summed E-state index contributed by atoms with van der Waals surface area (Å²) in [5.74, 6) is -0.929. The van der Waals surface area contributed by atoms with Crippen molar-refractivity contribution in [2.24, 2.45) is 10.2 Å². The Morgan fingerprint density at radius 1 is 0.938 bits per heavy atom. The van der Waals surface area contributed by atoms with E-state index in [0.717, 1.165) is 36.4 Å². The lowest BCUT2D eigenvalue weighted by Gasteiger charge is -2.11. The molecule has 0 atom stereocenters. The smallest absolute Gasteiger partial charge is 0.295 e. The van der Waals surface area contributed by atoms with Gasteiger partial charge >= 0.3 is 0 Å². The summed E-state index contributed by atoms with van der Waals surface area (Å²) in [5, 5.41) is 27.9. The minimum Gasteiger partial charge on any atom is -0.505 e. The van der Waals surface area contributed by atoms with Gasteiger partial charge in [0.1, 0.15) is 21.2 Å². The third kappa shape index (κ3) is 4.35. The highest BCUT2D eigenvalue weighted by Crippen LogP contribution is 2.43. The summed E-state index contributed by atoms with van der Waals surface area (Å²) in [6, 6.07) is 7.17. The first-order valence-corrected chi connectivity index (χ1v) is 11.2. The Hall–Kier alpha value is -3.66. The van der Waals surface area contributed by atoms with Crippen molar-refractivity contribution in [1.29, 1.82) is 0 Å². The van der Waals surface area contributed by atoms with E-state index in [9.17, 15) is 41.2 Å². The summed E-state index contributed by atoms with van der Waals surface area (Å²) in [4.78, 5) is 8.58. The predicted octanol–water partition coefficient (Wildman–Crippen LogP) is 3.37. The van der Waals surface area contributed by atoms with Gasteiger partial charge in [-0.05, 0) is 18.2 Å². The SMILES string of the molecule is COc1cc([N+](=O)[O-])ccc1N=Nc1cc(S(=O)(=O)O)c2cccc(S(=O)(=O)O)c2c1O. The van der Waals surface area contributed by atoms with Gasteiger partial charge in [-0.3, -0.25) is 19.2 Å². The van der Waals surface area contributed by atoms with Crippen LogP contribution in [-0.2, 0) is 20.2 Å². The van der Waals surface area contributed by atoms with E-state index >= 15 is 0 Å². The van der Waals surface area contributed by atoms with Gasteiger partial charge in [-0.25, -0.2) is 0 Å². The summed E-state index contributed by atoms with van der Waals surface area (Å²) >= 11 is 0. The van der Waals surface area contributed by atoms with Crippen molar-refractivity contribution in [1.82, 2.24) is 0 Å². The van der Waals surface area contributed by atoms with Crippen LogP contribution < -0.4 is 4.74 Å². The summed E-state index contributed by atoms with van der Waals surface area (Å²) in [5.41, 5.74) is -0.934. The Kier molecular flexibility index (Phi) is 5.84. The molecule has 0 aliphatic rings. The number of ether oxygens (including phenoxy) is 1. The molecule has 0 aromatic heterocycles. The highest BCUT2D eigenvalue weighted by molar-refractivity contribution is 7.86. The Bertz CT molecular complexity index is 1500. The number of nitrogens with zero attached hydrogens (tertiary/aromatic N) is 3. The maximum absolute atomic E-state index is 11.9. The fraction of sp³-hybridized carbons (Fsp3) is 0.0588. The van der Waals surface area contributed by atoms with Crippen LogP contribution in [0.25, 0.3) is 10.8 Å². The van der Waals surface area contributed by atoms with Crippen molar-refractivity contribution in [2.75, 3.05) is 7.11 Å². The molecule has 0 unspecified atom stereocenters. The van der Waals surface area contributed by atoms with E-state index in [1.165, 1.54) is 13.2 Å². The van der Waals surface area contributed by atoms with E-state index in [2.05, 4.69) is 10.2 Å². The maximum atomic E-state index is 11.9. The fourth-order valence-corrected chi connectivity index (χ4v) is 4.28. The van der Waals surface area contributed by atoms with Crippen LogP contribution in [0.1, 0.15) is 0 Å². The lowest BCUT2D eigenvalue weighted by molar-refractivity contribution is -0.384. The lowest BCUT2D eigenvalue weighted by atomic mass is 10.1. The molecule has 0 saturated carbocycles. The molecule has 0 spiro atoms. The molecule has 0 heterocycles. The Morgan fingerprint density at radius 3 is 2.12 bits per heavy atom. The van der Waals surface area contributed by atoms with Gasteiger partial charge < -0.3 is 9.84 Å². The van der Waals surface area contributed by atoms with Crippen molar-refractivity contribution in [2.45, 2.75) is 9.79 Å². The molecular formula is C17H13N3O10S2. The second kappa shape index (κ2) is 8.12. The Balaban J connectivity index is 2.31. The number of nitro benzene ring substituents is 1. The third-order valence-corrected chi connectivity index (χ3v) is 6.02. The Morgan fingerprint density at radius 2 is 1.56 bits per heavy atom. The molecule has 3 aromatic rings. The second-order valence-corrected chi connectivity index (χ2v) is 8.96. The van der Waals surface area contributed by atoms with Crippen LogP contribution in [0.2, 0.25) is 0 Å². The molecule has 0 aliphatic carbocycles. The molecule has 0 radical (unpaired) electrons. The van der Waals surface area contributed by atoms with E-state index in [1.807, 2.05) is 0 Å². The number of methoxy groups -OCH3 is 1. The van der Waals surface area contributed by atoms with E-state index in [4.69, 9.17) is 4.74 Å². The van der Waals surface area contributed by atoms with E-state index in [-0.39, 0.29) is 17.1 Å². The zero-order valence-electron chi connectivity index (χ0n) is 15.9. The number of phenolic OH excluding ortho intramolecular Hbond substituents is 1. The molecule has 168 valence electrons. The zero-order valence-corrected chi connectivity index (χ0v) is 17.5. The number of phenols is 1. The van der Waals surface area contributed by atoms with Crippen molar-refractivity contribution in [3.8, 4) is 11.5 Å². The van der Waals surface area contributed by atoms with Crippen LogP contribution in [0.3, 0.4) is 0 Å². The first-order valence-electron chi connectivity index (χ1n) is 8.32. The maximum Gasteiger partial charge on any atom is 0.295 e. The standard InChI is InChI=1S/C17H13N3O10S2/c1-30-13-7-9(20(22)23)5-6-11(13)18-19-12-8-15(32(27,28)29)10-3-2-4-14(31(24,25)26)16(10)17(12)21/h2-8,21H,1H3,(H,24,25,26)(H,27,28,29). The first-order chi connectivity index (χ1) is 14.8. The number of azo groups is 1. The van der Waals surface area contributed by atoms with Gasteiger partial charge in [-0.2, -0.15) is 16.8 Å². The van der Waals surface area contributed by atoms with Gasteiger partial charge in [0.05, 0.1) is 18.1 Å². The Labute approximate surface area is 180 Å². The number of nitro groups is 1. The van der Waals surface area contributed by atoms with E-state index < -0.39 is 57.2 Å². The number of non-ortho nitro benzene ring substituents is 1. The first kappa shape index (κ1) is 23.0. The number of aromatic hydroxyl groups is 1. The van der Waals surface area contributed by atoms with E-state index in [0.29, 0.717) is 0 Å². The fourth-order valence-electron chi connectivity index (χ4n) is 2.85. The zero-order chi connectivity index (χ0) is 23.8. The van der Waals surface area contributed by atoms with Crippen LogP contribution in [0.5, 0.6) is 11.5 Å². The predicted molar refractivity (Wildman–Crippen MR) is 109 cm³/mol. The summed E-state index contributed by atoms with van der Waals surface area (Å²) in [6.07, 6.45) is 0. The number of hydrogen-bond donors (Lipinski definition) is 3. The quantitative estimate of drug-likeness (QED) is 0.201. The van der Waals surface area contributed by atoms with Crippen molar-refractivity contribution in [3.05, 3.63) is 52.6 Å². The van der Waals surface area contributed by atoms with Crippen molar-refractivity contribution < 1.29 is 40.7 Å². The molecule has 0 bridgehead atoms. The summed E-state index contributed by atoms with van der Waals surface area (Å²) in [7, 11) is -8.64. The third-order valence-electron chi connectivity index (χ3n) is 4.23. The molecule has 0 fully saturated rings. The number of fused-ring (bicyclic) bond motifs is 1. The molecule has 32 heavy (non-hydrogen) atoms. The molecule has 3 N–H and O–H groups in total. The molecule has 0 saturated heterocycles. The average Bonchev–Trinajstić information content (AvgIpc) is 2.71. The van der Waals surface area contributed by atoms with Crippen molar-refractivity contribution >= 4 is 48.1 Å². The molecule has 15 heteroatoms. The topological polar surface area (TPSA) is 206 Å². The van der Waals surface area contributed by atoms with Crippen molar-refractivity contribution in [3.63, 3.8) is 0 Å². The highest BCUT2D eigenvalue weighted by atomic mass is 32.2. The van der Waals surface area contributed by atoms with Gasteiger partial charge in [0.2, 0.25) is 0 Å². The van der Waals surface area contributed by atoms with Gasteiger partial charge in [-0.1, -0.05) is 12.1 Å². The normalized spacial score (nSPS) is 12.3. The average molecular weight is 483 g/mol.